The number of carbonyl (C=O) groups excluding carboxylic acids is 3. The molecule has 2 aromatic carbocycles. The summed E-state index contributed by atoms with van der Waals surface area (Å²) in [6.45, 7) is 10.5. The molecule has 1 heterocycles. The van der Waals surface area contributed by atoms with Gasteiger partial charge >= 0.3 is 12.0 Å². The molecule has 0 bridgehead atoms. The lowest BCUT2D eigenvalue weighted by Gasteiger charge is -2.35. The molecule has 0 aliphatic carbocycles. The summed E-state index contributed by atoms with van der Waals surface area (Å²) in [5.74, 6) is -0.647. The van der Waals surface area contributed by atoms with Gasteiger partial charge in [0.2, 0.25) is 5.91 Å². The first-order valence-corrected chi connectivity index (χ1v) is 12.7. The van der Waals surface area contributed by atoms with E-state index in [0.717, 1.165) is 12.0 Å². The highest BCUT2D eigenvalue weighted by Crippen LogP contribution is 2.33. The first-order valence-electron chi connectivity index (χ1n) is 12.7. The quantitative estimate of drug-likeness (QED) is 0.413. The number of ether oxygens (including phenoxy) is 1. The van der Waals surface area contributed by atoms with Gasteiger partial charge in [-0.25, -0.2) is 9.59 Å². The minimum absolute atomic E-state index is 0.106. The van der Waals surface area contributed by atoms with Crippen LogP contribution in [0.2, 0.25) is 0 Å². The molecule has 2 atom stereocenters. The predicted molar refractivity (Wildman–Crippen MR) is 141 cm³/mol. The number of carbonyl (C=O) groups is 3. The number of benzene rings is 2. The van der Waals surface area contributed by atoms with Crippen molar-refractivity contribution in [3.05, 3.63) is 77.0 Å². The summed E-state index contributed by atoms with van der Waals surface area (Å²) in [6.07, 6.45) is 1.42. The van der Waals surface area contributed by atoms with Crippen LogP contribution in [0.15, 0.2) is 65.9 Å². The maximum atomic E-state index is 13.2. The van der Waals surface area contributed by atoms with Gasteiger partial charge in [-0.1, -0.05) is 70.2 Å². The normalized spacial score (nSPS) is 16.6. The second-order valence-corrected chi connectivity index (χ2v) is 9.51. The van der Waals surface area contributed by atoms with Gasteiger partial charge in [0.1, 0.15) is 0 Å². The lowest BCUT2D eigenvalue weighted by atomic mass is 9.93. The highest BCUT2D eigenvalue weighted by Gasteiger charge is 2.36. The molecule has 2 N–H and O–H groups in total. The number of amides is 3. The molecule has 3 rings (SSSR count). The zero-order valence-corrected chi connectivity index (χ0v) is 21.8. The van der Waals surface area contributed by atoms with Crippen LogP contribution < -0.4 is 10.6 Å². The number of nitrogens with one attached hydrogen (secondary N) is 2. The van der Waals surface area contributed by atoms with Crippen molar-refractivity contribution in [2.75, 3.05) is 18.5 Å². The van der Waals surface area contributed by atoms with E-state index in [1.54, 1.807) is 24.0 Å². The van der Waals surface area contributed by atoms with Gasteiger partial charge in [-0.15, -0.1) is 0 Å². The lowest BCUT2D eigenvalue weighted by Crippen LogP contribution is -2.48. The Hall–Kier alpha value is -3.61. The number of allylic oxidation sites excluding steroid dienone is 1. The van der Waals surface area contributed by atoms with Gasteiger partial charge in [0, 0.05) is 17.9 Å². The first-order chi connectivity index (χ1) is 17.3. The summed E-state index contributed by atoms with van der Waals surface area (Å²) in [5.41, 5.74) is 3.25. The highest BCUT2D eigenvalue weighted by atomic mass is 16.5. The molecule has 192 valence electrons. The van der Waals surface area contributed by atoms with E-state index >= 15 is 0 Å². The van der Waals surface area contributed by atoms with Crippen LogP contribution in [-0.4, -0.2) is 36.0 Å². The fourth-order valence-corrected chi connectivity index (χ4v) is 4.39. The smallest absolute Gasteiger partial charge is 0.338 e. The van der Waals surface area contributed by atoms with E-state index in [1.165, 1.54) is 0 Å². The van der Waals surface area contributed by atoms with Crippen molar-refractivity contribution in [2.24, 2.45) is 5.92 Å². The van der Waals surface area contributed by atoms with Crippen molar-refractivity contribution in [2.45, 2.75) is 59.4 Å². The van der Waals surface area contributed by atoms with Crippen molar-refractivity contribution in [3.63, 3.8) is 0 Å². The van der Waals surface area contributed by atoms with Crippen molar-refractivity contribution < 1.29 is 19.1 Å². The largest absolute Gasteiger partial charge is 0.462 e. The van der Waals surface area contributed by atoms with Gasteiger partial charge in [0.25, 0.3) is 0 Å². The number of rotatable bonds is 10. The second-order valence-electron chi connectivity index (χ2n) is 9.51. The van der Waals surface area contributed by atoms with E-state index in [0.29, 0.717) is 35.5 Å². The molecule has 2 aromatic rings. The summed E-state index contributed by atoms with van der Waals surface area (Å²) in [4.78, 5) is 40.8. The zero-order valence-electron chi connectivity index (χ0n) is 21.8. The molecule has 0 fully saturated rings. The van der Waals surface area contributed by atoms with Crippen LogP contribution >= 0.6 is 0 Å². The van der Waals surface area contributed by atoms with E-state index in [1.807, 2.05) is 70.2 Å². The van der Waals surface area contributed by atoms with Gasteiger partial charge in [-0.05, 0) is 48.9 Å². The minimum Gasteiger partial charge on any atom is -0.462 e. The molecule has 0 saturated carbocycles. The van der Waals surface area contributed by atoms with Crippen molar-refractivity contribution in [3.8, 4) is 0 Å². The number of hydrogen-bond donors (Lipinski definition) is 2. The standard InChI is InChI=1S/C29H37N3O4/c1-6-16-32-20(5)25(28(34)36-18-19(3)4)26(31-29(32)35)22-14-11-15-23(17-22)30-27(33)24(7-2)21-12-9-8-10-13-21/h8-15,17,19,24,26H,6-7,16,18H2,1-5H3,(H,30,33)(H,31,35). The monoisotopic (exact) mass is 491 g/mol. The van der Waals surface area contributed by atoms with Crippen LogP contribution in [0.4, 0.5) is 10.5 Å². The molecular weight excluding hydrogens is 454 g/mol. The molecule has 1 aliphatic heterocycles. The zero-order chi connectivity index (χ0) is 26.2. The average molecular weight is 492 g/mol. The molecule has 36 heavy (non-hydrogen) atoms. The molecular formula is C29H37N3O4. The third-order valence-electron chi connectivity index (χ3n) is 6.23. The second kappa shape index (κ2) is 12.4. The van der Waals surface area contributed by atoms with Crippen LogP contribution in [0.5, 0.6) is 0 Å². The van der Waals surface area contributed by atoms with E-state index in [2.05, 4.69) is 10.6 Å². The summed E-state index contributed by atoms with van der Waals surface area (Å²) in [7, 11) is 0. The number of esters is 1. The Balaban J connectivity index is 1.91. The summed E-state index contributed by atoms with van der Waals surface area (Å²) >= 11 is 0. The lowest BCUT2D eigenvalue weighted by molar-refractivity contribution is -0.140. The predicted octanol–water partition coefficient (Wildman–Crippen LogP) is 5.77. The molecule has 0 radical (unpaired) electrons. The third kappa shape index (κ3) is 6.33. The van der Waals surface area contributed by atoms with Crippen LogP contribution in [0.1, 0.15) is 70.5 Å². The Morgan fingerprint density at radius 3 is 2.44 bits per heavy atom. The van der Waals surface area contributed by atoms with Crippen LogP contribution in [0.25, 0.3) is 0 Å². The molecule has 2 unspecified atom stereocenters. The molecule has 0 aromatic heterocycles. The molecule has 1 aliphatic rings. The molecule has 7 heteroatoms. The average Bonchev–Trinajstić information content (AvgIpc) is 2.86. The van der Waals surface area contributed by atoms with E-state index in [4.69, 9.17) is 4.74 Å². The minimum atomic E-state index is -0.682. The Morgan fingerprint density at radius 1 is 1.08 bits per heavy atom. The number of urea groups is 1. The topological polar surface area (TPSA) is 87.7 Å². The van der Waals surface area contributed by atoms with Gasteiger partial charge < -0.3 is 15.4 Å². The number of nitrogens with zero attached hydrogens (tertiary/aromatic N) is 1. The van der Waals surface area contributed by atoms with Crippen LogP contribution in [-0.2, 0) is 14.3 Å². The number of hydrogen-bond acceptors (Lipinski definition) is 4. The third-order valence-corrected chi connectivity index (χ3v) is 6.23. The van der Waals surface area contributed by atoms with Gasteiger partial charge in [0.05, 0.1) is 24.1 Å². The SMILES string of the molecule is CCCN1C(=O)NC(c2cccc(NC(=O)C(CC)c3ccccc3)c2)C(C(=O)OCC(C)C)=C1C. The Bertz CT molecular complexity index is 1110. The summed E-state index contributed by atoms with van der Waals surface area (Å²) < 4.78 is 5.57. The molecule has 0 spiro atoms. The fourth-order valence-electron chi connectivity index (χ4n) is 4.39. The highest BCUT2D eigenvalue weighted by molar-refractivity contribution is 5.97. The van der Waals surface area contributed by atoms with E-state index in [9.17, 15) is 14.4 Å². The van der Waals surface area contributed by atoms with Gasteiger partial charge in [-0.2, -0.15) is 0 Å². The fraction of sp³-hybridized carbons (Fsp3) is 0.414. The Morgan fingerprint density at radius 2 is 1.81 bits per heavy atom. The Labute approximate surface area is 213 Å². The van der Waals surface area contributed by atoms with Gasteiger partial charge in [0.15, 0.2) is 0 Å². The molecule has 0 saturated heterocycles. The number of anilines is 1. The first kappa shape index (κ1) is 27.0. The maximum absolute atomic E-state index is 13.2. The van der Waals surface area contributed by atoms with E-state index in [-0.39, 0.29) is 30.4 Å². The van der Waals surface area contributed by atoms with Crippen molar-refractivity contribution in [1.82, 2.24) is 10.2 Å². The van der Waals surface area contributed by atoms with Crippen LogP contribution in [0.3, 0.4) is 0 Å². The van der Waals surface area contributed by atoms with Gasteiger partial charge in [-0.3, -0.25) is 9.69 Å². The Kier molecular flexibility index (Phi) is 9.28. The van der Waals surface area contributed by atoms with Crippen molar-refractivity contribution >= 4 is 23.6 Å². The summed E-state index contributed by atoms with van der Waals surface area (Å²) in [6, 6.07) is 16.0. The van der Waals surface area contributed by atoms with Crippen molar-refractivity contribution in [1.29, 1.82) is 0 Å². The van der Waals surface area contributed by atoms with Crippen LogP contribution in [0, 0.1) is 5.92 Å². The molecule has 3 amide bonds. The maximum Gasteiger partial charge on any atom is 0.338 e. The molecule has 7 nitrogen and oxygen atoms in total. The van der Waals surface area contributed by atoms with E-state index < -0.39 is 12.0 Å². The summed E-state index contributed by atoms with van der Waals surface area (Å²) in [5, 5.41) is 5.98.